The summed E-state index contributed by atoms with van der Waals surface area (Å²) in [6.45, 7) is 3.07. The normalized spacial score (nSPS) is 23.4. The Balaban J connectivity index is 2.08. The van der Waals surface area contributed by atoms with E-state index in [-0.39, 0.29) is 6.61 Å². The molecular formula is C11H23NO2. The molecule has 1 fully saturated rings. The van der Waals surface area contributed by atoms with Crippen molar-refractivity contribution in [2.75, 3.05) is 19.8 Å². The van der Waals surface area contributed by atoms with Gasteiger partial charge in [-0.05, 0) is 25.7 Å². The quantitative estimate of drug-likeness (QED) is 0.705. The summed E-state index contributed by atoms with van der Waals surface area (Å²) >= 11 is 0. The van der Waals surface area contributed by atoms with E-state index in [4.69, 9.17) is 15.6 Å². The van der Waals surface area contributed by atoms with Crippen molar-refractivity contribution in [1.82, 2.24) is 0 Å². The SMILES string of the molecule is CC(N)(CO)COCC1CCCCC1. The third-order valence-electron chi connectivity index (χ3n) is 2.87. The van der Waals surface area contributed by atoms with Gasteiger partial charge in [-0.2, -0.15) is 0 Å². The van der Waals surface area contributed by atoms with Crippen molar-refractivity contribution in [3.63, 3.8) is 0 Å². The first kappa shape index (κ1) is 12.0. The van der Waals surface area contributed by atoms with Gasteiger partial charge in [0.25, 0.3) is 0 Å². The molecule has 0 aromatic carbocycles. The Kier molecular flexibility index (Phi) is 4.85. The minimum absolute atomic E-state index is 0.0162. The molecule has 1 rings (SSSR count). The van der Waals surface area contributed by atoms with Crippen LogP contribution in [-0.2, 0) is 4.74 Å². The topological polar surface area (TPSA) is 55.5 Å². The largest absolute Gasteiger partial charge is 0.394 e. The molecule has 84 valence electrons. The minimum Gasteiger partial charge on any atom is -0.394 e. The van der Waals surface area contributed by atoms with E-state index in [1.807, 2.05) is 6.92 Å². The number of hydrogen-bond acceptors (Lipinski definition) is 3. The molecule has 0 aliphatic heterocycles. The minimum atomic E-state index is -0.575. The van der Waals surface area contributed by atoms with E-state index in [1.165, 1.54) is 32.1 Å². The van der Waals surface area contributed by atoms with Crippen molar-refractivity contribution in [2.24, 2.45) is 11.7 Å². The van der Waals surface area contributed by atoms with Crippen LogP contribution in [0.3, 0.4) is 0 Å². The molecule has 3 nitrogen and oxygen atoms in total. The summed E-state index contributed by atoms with van der Waals surface area (Å²) in [7, 11) is 0. The summed E-state index contributed by atoms with van der Waals surface area (Å²) in [6, 6.07) is 0. The van der Waals surface area contributed by atoms with Crippen LogP contribution in [0.2, 0.25) is 0 Å². The smallest absolute Gasteiger partial charge is 0.0666 e. The van der Waals surface area contributed by atoms with Gasteiger partial charge in [-0.15, -0.1) is 0 Å². The second-order valence-electron chi connectivity index (χ2n) is 4.83. The lowest BCUT2D eigenvalue weighted by atomic mass is 9.90. The molecule has 0 bridgehead atoms. The fourth-order valence-electron chi connectivity index (χ4n) is 1.86. The zero-order valence-electron chi connectivity index (χ0n) is 9.17. The van der Waals surface area contributed by atoms with Crippen LogP contribution < -0.4 is 5.73 Å². The molecule has 0 aromatic rings. The highest BCUT2D eigenvalue weighted by atomic mass is 16.5. The Bertz CT molecular complexity index is 153. The van der Waals surface area contributed by atoms with E-state index < -0.39 is 5.54 Å². The Labute approximate surface area is 86.6 Å². The zero-order valence-corrected chi connectivity index (χ0v) is 9.17. The van der Waals surface area contributed by atoms with Gasteiger partial charge >= 0.3 is 0 Å². The predicted octanol–water partition coefficient (Wildman–Crippen LogP) is 1.29. The maximum Gasteiger partial charge on any atom is 0.0666 e. The van der Waals surface area contributed by atoms with E-state index in [2.05, 4.69) is 0 Å². The second-order valence-corrected chi connectivity index (χ2v) is 4.83. The third-order valence-corrected chi connectivity index (χ3v) is 2.87. The number of rotatable bonds is 5. The molecule has 0 amide bonds. The molecule has 1 atom stereocenters. The number of nitrogens with two attached hydrogens (primary N) is 1. The standard InChI is InChI=1S/C11H23NO2/c1-11(12,8-13)9-14-7-10-5-3-2-4-6-10/h10,13H,2-9,12H2,1H3. The van der Waals surface area contributed by atoms with Crippen molar-refractivity contribution in [1.29, 1.82) is 0 Å². The van der Waals surface area contributed by atoms with Crippen LogP contribution in [0.25, 0.3) is 0 Å². The number of aliphatic hydroxyl groups excluding tert-OH is 1. The molecule has 1 aliphatic carbocycles. The van der Waals surface area contributed by atoms with Crippen molar-refractivity contribution in [3.05, 3.63) is 0 Å². The van der Waals surface area contributed by atoms with Crippen LogP contribution in [0.5, 0.6) is 0 Å². The fourth-order valence-corrected chi connectivity index (χ4v) is 1.86. The molecular weight excluding hydrogens is 178 g/mol. The lowest BCUT2D eigenvalue weighted by molar-refractivity contribution is 0.0359. The summed E-state index contributed by atoms with van der Waals surface area (Å²) < 4.78 is 5.54. The maximum absolute atomic E-state index is 8.93. The van der Waals surface area contributed by atoms with E-state index in [0.717, 1.165) is 12.5 Å². The van der Waals surface area contributed by atoms with Crippen molar-refractivity contribution in [2.45, 2.75) is 44.6 Å². The van der Waals surface area contributed by atoms with Crippen LogP contribution in [-0.4, -0.2) is 30.5 Å². The highest BCUT2D eigenvalue weighted by Gasteiger charge is 2.19. The van der Waals surface area contributed by atoms with Crippen molar-refractivity contribution >= 4 is 0 Å². The van der Waals surface area contributed by atoms with Gasteiger partial charge in [0.1, 0.15) is 0 Å². The first-order valence-electron chi connectivity index (χ1n) is 5.61. The fraction of sp³-hybridized carbons (Fsp3) is 1.00. The van der Waals surface area contributed by atoms with Crippen LogP contribution >= 0.6 is 0 Å². The Morgan fingerprint density at radius 1 is 1.36 bits per heavy atom. The van der Waals surface area contributed by atoms with E-state index in [9.17, 15) is 0 Å². The number of hydrogen-bond donors (Lipinski definition) is 2. The first-order valence-corrected chi connectivity index (χ1v) is 5.61. The van der Waals surface area contributed by atoms with E-state index in [0.29, 0.717) is 6.61 Å². The summed E-state index contributed by atoms with van der Waals surface area (Å²) in [6.07, 6.45) is 6.64. The average Bonchev–Trinajstić information content (AvgIpc) is 2.19. The molecule has 0 aromatic heterocycles. The number of ether oxygens (including phenoxy) is 1. The molecule has 0 radical (unpaired) electrons. The van der Waals surface area contributed by atoms with Gasteiger partial charge in [0, 0.05) is 6.61 Å². The highest BCUT2D eigenvalue weighted by Crippen LogP contribution is 2.23. The van der Waals surface area contributed by atoms with E-state index >= 15 is 0 Å². The van der Waals surface area contributed by atoms with Crippen LogP contribution in [0.1, 0.15) is 39.0 Å². The van der Waals surface area contributed by atoms with Gasteiger partial charge in [-0.25, -0.2) is 0 Å². The molecule has 14 heavy (non-hydrogen) atoms. The Morgan fingerprint density at radius 3 is 2.57 bits per heavy atom. The van der Waals surface area contributed by atoms with Gasteiger partial charge < -0.3 is 15.6 Å². The van der Waals surface area contributed by atoms with Crippen molar-refractivity contribution < 1.29 is 9.84 Å². The molecule has 1 unspecified atom stereocenters. The maximum atomic E-state index is 8.93. The van der Waals surface area contributed by atoms with E-state index in [1.54, 1.807) is 0 Å². The lowest BCUT2D eigenvalue weighted by Gasteiger charge is -2.25. The van der Waals surface area contributed by atoms with Gasteiger partial charge in [0.05, 0.1) is 18.8 Å². The van der Waals surface area contributed by atoms with Crippen LogP contribution in [0.4, 0.5) is 0 Å². The first-order chi connectivity index (χ1) is 6.64. The van der Waals surface area contributed by atoms with Crippen molar-refractivity contribution in [3.8, 4) is 0 Å². The molecule has 3 heteroatoms. The summed E-state index contributed by atoms with van der Waals surface area (Å²) in [4.78, 5) is 0. The summed E-state index contributed by atoms with van der Waals surface area (Å²) in [5.74, 6) is 0.721. The van der Waals surface area contributed by atoms with Gasteiger partial charge in [0.2, 0.25) is 0 Å². The Hall–Kier alpha value is -0.120. The number of aliphatic hydroxyl groups is 1. The molecule has 1 aliphatic rings. The molecule has 3 N–H and O–H groups in total. The average molecular weight is 201 g/mol. The zero-order chi connectivity index (χ0) is 10.4. The predicted molar refractivity (Wildman–Crippen MR) is 57.1 cm³/mol. The van der Waals surface area contributed by atoms with Crippen LogP contribution in [0.15, 0.2) is 0 Å². The monoisotopic (exact) mass is 201 g/mol. The molecule has 1 saturated carbocycles. The van der Waals surface area contributed by atoms with Gasteiger partial charge in [-0.1, -0.05) is 19.3 Å². The lowest BCUT2D eigenvalue weighted by Crippen LogP contribution is -2.45. The molecule has 0 saturated heterocycles. The summed E-state index contributed by atoms with van der Waals surface area (Å²) in [5, 5.41) is 8.93. The molecule has 0 heterocycles. The second kappa shape index (κ2) is 5.69. The third kappa shape index (κ3) is 4.40. The Morgan fingerprint density at radius 2 is 2.00 bits per heavy atom. The van der Waals surface area contributed by atoms with Crippen LogP contribution in [0, 0.1) is 5.92 Å². The summed E-state index contributed by atoms with van der Waals surface area (Å²) in [5.41, 5.74) is 5.18. The highest BCUT2D eigenvalue weighted by molar-refractivity contribution is 4.76. The van der Waals surface area contributed by atoms with Gasteiger partial charge in [0.15, 0.2) is 0 Å². The molecule has 0 spiro atoms. The van der Waals surface area contributed by atoms with Gasteiger partial charge in [-0.3, -0.25) is 0 Å².